The predicted molar refractivity (Wildman–Crippen MR) is 75.8 cm³/mol. The van der Waals surface area contributed by atoms with Crippen LogP contribution in [0.25, 0.3) is 0 Å². The predicted octanol–water partition coefficient (Wildman–Crippen LogP) is 1.99. The van der Waals surface area contributed by atoms with E-state index in [1.807, 2.05) is 0 Å². The van der Waals surface area contributed by atoms with E-state index >= 15 is 0 Å². The van der Waals surface area contributed by atoms with Gasteiger partial charge in [0.2, 0.25) is 15.9 Å². The van der Waals surface area contributed by atoms with Crippen LogP contribution >= 0.6 is 11.6 Å². The largest absolute Gasteiger partial charge is 0.326 e. The van der Waals surface area contributed by atoms with Gasteiger partial charge in [0, 0.05) is 18.0 Å². The summed E-state index contributed by atoms with van der Waals surface area (Å²) in [6, 6.07) is 4.61. The van der Waals surface area contributed by atoms with Crippen LogP contribution in [0.15, 0.2) is 23.1 Å². The molecule has 1 amide bonds. The molecular weight excluding hydrogens is 288 g/mol. The molecule has 0 aromatic heterocycles. The third-order valence-corrected chi connectivity index (χ3v) is 3.89. The number of hydrogen-bond acceptors (Lipinski definition) is 3. The second kappa shape index (κ2) is 6.88. The first kappa shape index (κ1) is 15.9. The smallest absolute Gasteiger partial charge is 0.238 e. The van der Waals surface area contributed by atoms with Crippen molar-refractivity contribution in [2.45, 2.75) is 31.1 Å². The van der Waals surface area contributed by atoms with Crippen molar-refractivity contribution in [3.63, 3.8) is 0 Å². The van der Waals surface area contributed by atoms with Gasteiger partial charge in [-0.15, -0.1) is 11.6 Å². The van der Waals surface area contributed by atoms with E-state index in [9.17, 15) is 13.2 Å². The summed E-state index contributed by atoms with van der Waals surface area (Å²) in [6.07, 6.45) is 1.82. The number of halogens is 1. The maximum absolute atomic E-state index is 11.6. The highest BCUT2D eigenvalue weighted by atomic mass is 35.5. The van der Waals surface area contributed by atoms with Crippen molar-refractivity contribution in [1.29, 1.82) is 0 Å². The zero-order valence-electron chi connectivity index (χ0n) is 10.6. The summed E-state index contributed by atoms with van der Waals surface area (Å²) in [4.78, 5) is 11.6. The first-order valence-electron chi connectivity index (χ1n) is 5.84. The van der Waals surface area contributed by atoms with E-state index < -0.39 is 10.0 Å². The molecule has 1 rings (SSSR count). The zero-order valence-corrected chi connectivity index (χ0v) is 12.2. The Bertz CT molecular complexity index is 558. The average Bonchev–Trinajstić information content (AvgIpc) is 2.30. The highest BCUT2D eigenvalue weighted by Gasteiger charge is 2.13. The van der Waals surface area contributed by atoms with Gasteiger partial charge >= 0.3 is 0 Å². The highest BCUT2D eigenvalue weighted by molar-refractivity contribution is 7.89. The highest BCUT2D eigenvalue weighted by Crippen LogP contribution is 2.19. The Labute approximate surface area is 118 Å². The lowest BCUT2D eigenvalue weighted by Crippen LogP contribution is -2.15. The van der Waals surface area contributed by atoms with Gasteiger partial charge < -0.3 is 5.32 Å². The number of sulfonamides is 1. The number of amides is 1. The molecule has 1 aromatic carbocycles. The van der Waals surface area contributed by atoms with Crippen LogP contribution in [0.2, 0.25) is 0 Å². The maximum Gasteiger partial charge on any atom is 0.238 e. The molecular formula is C12H17ClN2O3S. The Morgan fingerprint density at radius 3 is 2.63 bits per heavy atom. The van der Waals surface area contributed by atoms with E-state index in [0.29, 0.717) is 30.0 Å². The number of unbranched alkanes of at least 4 members (excludes halogenated alkanes) is 1. The summed E-state index contributed by atoms with van der Waals surface area (Å²) in [5, 5.41) is 7.74. The van der Waals surface area contributed by atoms with Gasteiger partial charge in [-0.05, 0) is 37.5 Å². The summed E-state index contributed by atoms with van der Waals surface area (Å²) >= 11 is 5.52. The monoisotopic (exact) mass is 304 g/mol. The van der Waals surface area contributed by atoms with Gasteiger partial charge in [-0.25, -0.2) is 13.6 Å². The maximum atomic E-state index is 11.6. The quantitative estimate of drug-likeness (QED) is 0.622. The Hall–Kier alpha value is -1.11. The molecule has 0 atom stereocenters. The number of primary sulfonamides is 1. The summed E-state index contributed by atoms with van der Waals surface area (Å²) in [5.41, 5.74) is 0.966. The van der Waals surface area contributed by atoms with Gasteiger partial charge in [0.15, 0.2) is 0 Å². The van der Waals surface area contributed by atoms with Gasteiger partial charge in [-0.2, -0.15) is 0 Å². The molecule has 0 aliphatic carbocycles. The Morgan fingerprint density at radius 1 is 1.37 bits per heavy atom. The number of carbonyl (C=O) groups is 1. The average molecular weight is 305 g/mol. The van der Waals surface area contributed by atoms with Crippen LogP contribution in [0.5, 0.6) is 0 Å². The molecule has 0 bridgehead atoms. The SMILES string of the molecule is Cc1ccc(NC(=O)CCCCCl)cc1S(N)(=O)=O. The molecule has 0 radical (unpaired) electrons. The molecule has 1 aromatic rings. The number of benzene rings is 1. The van der Waals surface area contributed by atoms with Gasteiger partial charge in [-0.1, -0.05) is 6.07 Å². The van der Waals surface area contributed by atoms with E-state index in [-0.39, 0.29) is 10.8 Å². The minimum atomic E-state index is -3.78. The van der Waals surface area contributed by atoms with E-state index in [1.54, 1.807) is 19.1 Å². The third kappa shape index (κ3) is 5.18. The number of rotatable bonds is 6. The molecule has 0 aliphatic rings. The van der Waals surface area contributed by atoms with Crippen LogP contribution in [-0.2, 0) is 14.8 Å². The van der Waals surface area contributed by atoms with Crippen molar-refractivity contribution in [3.8, 4) is 0 Å². The number of hydrogen-bond donors (Lipinski definition) is 2. The number of nitrogens with one attached hydrogen (secondary N) is 1. The lowest BCUT2D eigenvalue weighted by molar-refractivity contribution is -0.116. The van der Waals surface area contributed by atoms with Crippen LogP contribution in [-0.4, -0.2) is 20.2 Å². The lowest BCUT2D eigenvalue weighted by atomic mass is 10.2. The molecule has 0 saturated carbocycles. The summed E-state index contributed by atoms with van der Waals surface area (Å²) in [5.74, 6) is 0.349. The summed E-state index contributed by atoms with van der Waals surface area (Å²) in [6.45, 7) is 1.64. The first-order valence-corrected chi connectivity index (χ1v) is 7.92. The van der Waals surface area contributed by atoms with Crippen molar-refractivity contribution in [2.24, 2.45) is 5.14 Å². The van der Waals surface area contributed by atoms with Gasteiger partial charge in [0.25, 0.3) is 0 Å². The van der Waals surface area contributed by atoms with Crippen molar-refractivity contribution in [1.82, 2.24) is 0 Å². The minimum Gasteiger partial charge on any atom is -0.326 e. The van der Waals surface area contributed by atoms with Crippen molar-refractivity contribution >= 4 is 33.2 Å². The number of aryl methyl sites for hydroxylation is 1. The molecule has 0 fully saturated rings. The second-order valence-electron chi connectivity index (χ2n) is 4.22. The van der Waals surface area contributed by atoms with E-state index in [0.717, 1.165) is 6.42 Å². The zero-order chi connectivity index (χ0) is 14.5. The van der Waals surface area contributed by atoms with Crippen LogP contribution in [0.4, 0.5) is 5.69 Å². The fraction of sp³-hybridized carbons (Fsp3) is 0.417. The van der Waals surface area contributed by atoms with Gasteiger partial charge in [0.1, 0.15) is 0 Å². The fourth-order valence-electron chi connectivity index (χ4n) is 1.59. The standard InChI is InChI=1S/C12H17ClN2O3S/c1-9-5-6-10(8-11(9)19(14,17)18)15-12(16)4-2-3-7-13/h5-6,8H,2-4,7H2,1H3,(H,15,16)(H2,14,17,18). The van der Waals surface area contributed by atoms with Gasteiger partial charge in [-0.3, -0.25) is 4.79 Å². The molecule has 106 valence electrons. The Balaban J connectivity index is 2.78. The molecule has 5 nitrogen and oxygen atoms in total. The van der Waals surface area contributed by atoms with Crippen LogP contribution in [0.1, 0.15) is 24.8 Å². The number of carbonyl (C=O) groups excluding carboxylic acids is 1. The minimum absolute atomic E-state index is 0.0195. The van der Waals surface area contributed by atoms with Crippen LogP contribution in [0.3, 0.4) is 0 Å². The van der Waals surface area contributed by atoms with Gasteiger partial charge in [0.05, 0.1) is 4.90 Å². The molecule has 0 spiro atoms. The molecule has 3 N–H and O–H groups in total. The molecule has 7 heteroatoms. The molecule has 0 heterocycles. The number of nitrogens with two attached hydrogens (primary N) is 1. The normalized spacial score (nSPS) is 11.3. The van der Waals surface area contributed by atoms with Crippen molar-refractivity contribution < 1.29 is 13.2 Å². The lowest BCUT2D eigenvalue weighted by Gasteiger charge is -2.08. The molecule has 19 heavy (non-hydrogen) atoms. The van der Waals surface area contributed by atoms with Crippen LogP contribution in [0, 0.1) is 6.92 Å². The Kier molecular flexibility index (Phi) is 5.78. The first-order chi connectivity index (χ1) is 8.84. The van der Waals surface area contributed by atoms with E-state index in [2.05, 4.69) is 5.32 Å². The number of alkyl halides is 1. The van der Waals surface area contributed by atoms with E-state index in [4.69, 9.17) is 16.7 Å². The van der Waals surface area contributed by atoms with Crippen LogP contribution < -0.4 is 10.5 Å². The second-order valence-corrected chi connectivity index (χ2v) is 6.13. The molecule has 0 unspecified atom stereocenters. The molecule has 0 aliphatic heterocycles. The summed E-state index contributed by atoms with van der Waals surface area (Å²) in [7, 11) is -3.78. The topological polar surface area (TPSA) is 89.3 Å². The molecule has 0 saturated heterocycles. The third-order valence-electron chi connectivity index (χ3n) is 2.57. The van der Waals surface area contributed by atoms with Crippen molar-refractivity contribution in [3.05, 3.63) is 23.8 Å². The number of anilines is 1. The summed E-state index contributed by atoms with van der Waals surface area (Å²) < 4.78 is 22.7. The van der Waals surface area contributed by atoms with Crippen molar-refractivity contribution in [2.75, 3.05) is 11.2 Å². The Morgan fingerprint density at radius 2 is 2.05 bits per heavy atom. The van der Waals surface area contributed by atoms with E-state index in [1.165, 1.54) is 6.07 Å². The fourth-order valence-corrected chi connectivity index (χ4v) is 2.58.